The average Bonchev–Trinajstić information content (AvgIpc) is 2.81. The molecule has 13 heteroatoms. The Morgan fingerprint density at radius 1 is 1.14 bits per heavy atom. The van der Waals surface area contributed by atoms with Crippen LogP contribution >= 0.6 is 0 Å². The second kappa shape index (κ2) is 14.8. The van der Waals surface area contributed by atoms with Crippen LogP contribution in [0.4, 0.5) is 11.6 Å². The molecule has 0 saturated carbocycles. The van der Waals surface area contributed by atoms with E-state index in [-0.39, 0.29) is 89.2 Å². The minimum atomic E-state index is -1.59. The van der Waals surface area contributed by atoms with Crippen LogP contribution in [-0.2, 0) is 16.1 Å². The number of anilines is 2. The third-order valence-electron chi connectivity index (χ3n) is 5.17. The quantitative estimate of drug-likeness (QED) is 0.172. The molecule has 0 bridgehead atoms. The van der Waals surface area contributed by atoms with E-state index in [1.165, 1.54) is 12.1 Å². The zero-order valence-electron chi connectivity index (χ0n) is 20.4. The molecule has 3 aromatic rings. The molecule has 0 spiro atoms. The molecule has 4 N–H and O–H groups in total. The number of benzene rings is 2. The number of hydrogen-bond donors (Lipinski definition) is 3. The fourth-order valence-electron chi connectivity index (χ4n) is 3.45. The molecule has 37 heavy (non-hydrogen) atoms. The predicted molar refractivity (Wildman–Crippen MR) is 124 cm³/mol. The van der Waals surface area contributed by atoms with Crippen molar-refractivity contribution in [2.45, 2.75) is 25.4 Å². The molecule has 0 aliphatic rings. The Bertz CT molecular complexity index is 1370. The number of hydrogen-bond acceptors (Lipinski definition) is 9. The normalized spacial score (nSPS) is 10.8. The van der Waals surface area contributed by atoms with Crippen LogP contribution in [0.5, 0.6) is 0 Å². The first-order valence-electron chi connectivity index (χ1n) is 10.5. The Labute approximate surface area is 256 Å². The molecule has 0 saturated heterocycles. The maximum absolute atomic E-state index is 12.4. The van der Waals surface area contributed by atoms with Crippen LogP contribution < -0.4 is 90.8 Å². The first-order valence-corrected chi connectivity index (χ1v) is 10.5. The first kappa shape index (κ1) is 32.2. The van der Waals surface area contributed by atoms with Crippen LogP contribution in [0, 0.1) is 12.3 Å². The SMILES string of the molecule is C#CCN(Cc1ccc2nc(N)[nH]c(=O)c2c1)c1ccc(C(=O)NC(CCC(=O)[O-])C(=O)[O-])cc1.[Na+].[Na+]. The topological polar surface area (TPSA) is 184 Å². The monoisotopic (exact) mass is 521 g/mol. The molecular weight excluding hydrogens is 500 g/mol. The van der Waals surface area contributed by atoms with Crippen LogP contribution in [-0.4, -0.2) is 40.4 Å². The summed E-state index contributed by atoms with van der Waals surface area (Å²) < 4.78 is 0. The number of aromatic nitrogens is 2. The number of H-pyrrole nitrogens is 1. The first-order chi connectivity index (χ1) is 16.7. The summed E-state index contributed by atoms with van der Waals surface area (Å²) in [6.07, 6.45) is 4.62. The Balaban J connectivity index is 0.00000342. The molecule has 0 aliphatic carbocycles. The van der Waals surface area contributed by atoms with E-state index in [0.29, 0.717) is 23.1 Å². The zero-order valence-corrected chi connectivity index (χ0v) is 24.4. The summed E-state index contributed by atoms with van der Waals surface area (Å²) in [6.45, 7) is 0.585. The molecule has 0 fully saturated rings. The molecule has 3 rings (SSSR count). The minimum Gasteiger partial charge on any atom is -0.550 e. The molecule has 1 unspecified atom stereocenters. The van der Waals surface area contributed by atoms with Gasteiger partial charge in [0.1, 0.15) is 0 Å². The number of terminal acetylenes is 1. The maximum Gasteiger partial charge on any atom is 1.00 e. The van der Waals surface area contributed by atoms with Crippen molar-refractivity contribution in [1.82, 2.24) is 15.3 Å². The zero-order chi connectivity index (χ0) is 25.5. The van der Waals surface area contributed by atoms with Crippen LogP contribution in [0.1, 0.15) is 28.8 Å². The number of nitrogens with two attached hydrogens (primary N) is 1. The maximum atomic E-state index is 12.4. The van der Waals surface area contributed by atoms with Crippen molar-refractivity contribution < 1.29 is 83.7 Å². The van der Waals surface area contributed by atoms with Gasteiger partial charge in [-0.1, -0.05) is 12.0 Å². The predicted octanol–water partition coefficient (Wildman–Crippen LogP) is -7.47. The molecule has 180 valence electrons. The number of carboxylic acids is 2. The third kappa shape index (κ3) is 8.89. The minimum absolute atomic E-state index is 0. The van der Waals surface area contributed by atoms with Crippen LogP contribution in [0.3, 0.4) is 0 Å². The van der Waals surface area contributed by atoms with Crippen molar-refractivity contribution in [2.75, 3.05) is 17.2 Å². The van der Waals surface area contributed by atoms with Crippen molar-refractivity contribution in [3.05, 3.63) is 63.9 Å². The van der Waals surface area contributed by atoms with E-state index in [4.69, 9.17) is 12.2 Å². The Morgan fingerprint density at radius 3 is 2.41 bits per heavy atom. The number of aromatic amines is 1. The van der Waals surface area contributed by atoms with E-state index in [2.05, 4.69) is 21.2 Å². The van der Waals surface area contributed by atoms with Crippen molar-refractivity contribution in [3.63, 3.8) is 0 Å². The molecule has 1 aromatic heterocycles. The Kier molecular flexibility index (Phi) is 12.9. The smallest absolute Gasteiger partial charge is 0.550 e. The van der Waals surface area contributed by atoms with Crippen molar-refractivity contribution in [3.8, 4) is 12.3 Å². The molecule has 1 atom stereocenters. The largest absolute Gasteiger partial charge is 1.00 e. The number of carboxylic acid groups (broad SMARTS) is 2. The van der Waals surface area contributed by atoms with Gasteiger partial charge in [-0.05, 0) is 54.8 Å². The number of nitrogen functional groups attached to an aromatic ring is 1. The average molecular weight is 521 g/mol. The van der Waals surface area contributed by atoms with Gasteiger partial charge in [0, 0.05) is 23.8 Å². The van der Waals surface area contributed by atoms with E-state index in [0.717, 1.165) is 5.56 Å². The van der Waals surface area contributed by atoms with Gasteiger partial charge in [0.2, 0.25) is 5.95 Å². The summed E-state index contributed by atoms with van der Waals surface area (Å²) in [5.41, 5.74) is 7.31. The Hall–Kier alpha value is -2.85. The van der Waals surface area contributed by atoms with E-state index < -0.39 is 30.3 Å². The van der Waals surface area contributed by atoms with Gasteiger partial charge < -0.3 is 35.8 Å². The molecule has 2 aromatic carbocycles. The Morgan fingerprint density at radius 2 is 1.81 bits per heavy atom. The summed E-state index contributed by atoms with van der Waals surface area (Å²) in [5, 5.41) is 24.4. The summed E-state index contributed by atoms with van der Waals surface area (Å²) in [7, 11) is 0. The van der Waals surface area contributed by atoms with Crippen molar-refractivity contribution >= 4 is 40.4 Å². The van der Waals surface area contributed by atoms with Crippen LogP contribution in [0.2, 0.25) is 0 Å². The standard InChI is InChI=1S/C24H23N5O6.2Na/c1-2-11-29(13-14-3-8-18-17(12-14)22(33)28-24(25)27-18)16-6-4-15(5-7-16)21(32)26-19(23(34)35)9-10-20(30)31;;/h1,3-8,12,19H,9-11,13H2,(H,26,32)(H,30,31)(H,34,35)(H3,25,27,28,33);;/q;2*+1/p-2. The molecular formula is C24H21N5Na2O6. The van der Waals surface area contributed by atoms with Gasteiger partial charge in [-0.3, -0.25) is 14.6 Å². The van der Waals surface area contributed by atoms with E-state index in [1.54, 1.807) is 30.3 Å². The second-order valence-corrected chi connectivity index (χ2v) is 7.67. The van der Waals surface area contributed by atoms with E-state index in [1.807, 2.05) is 4.90 Å². The van der Waals surface area contributed by atoms with Crippen LogP contribution in [0.25, 0.3) is 10.9 Å². The van der Waals surface area contributed by atoms with Crippen molar-refractivity contribution in [1.29, 1.82) is 0 Å². The van der Waals surface area contributed by atoms with Gasteiger partial charge in [0.25, 0.3) is 11.5 Å². The number of aliphatic carboxylic acids is 2. The van der Waals surface area contributed by atoms with Gasteiger partial charge in [-0.25, -0.2) is 4.98 Å². The molecule has 0 radical (unpaired) electrons. The molecule has 11 nitrogen and oxygen atoms in total. The molecule has 0 aliphatic heterocycles. The summed E-state index contributed by atoms with van der Waals surface area (Å²) >= 11 is 0. The van der Waals surface area contributed by atoms with E-state index in [9.17, 15) is 29.4 Å². The van der Waals surface area contributed by atoms with Crippen LogP contribution in [0.15, 0.2) is 47.3 Å². The number of rotatable bonds is 10. The van der Waals surface area contributed by atoms with Gasteiger partial charge in [-0.2, -0.15) is 0 Å². The molecule has 1 amide bonds. The molecule has 1 heterocycles. The second-order valence-electron chi connectivity index (χ2n) is 7.67. The third-order valence-corrected chi connectivity index (χ3v) is 5.17. The van der Waals surface area contributed by atoms with Gasteiger partial charge in [-0.15, -0.1) is 6.42 Å². The van der Waals surface area contributed by atoms with Gasteiger partial charge in [0.05, 0.1) is 29.5 Å². The number of nitrogens with zero attached hydrogens (tertiary/aromatic N) is 2. The van der Waals surface area contributed by atoms with E-state index >= 15 is 0 Å². The fraction of sp³-hybridized carbons (Fsp3) is 0.208. The van der Waals surface area contributed by atoms with Gasteiger partial charge >= 0.3 is 59.1 Å². The number of fused-ring (bicyclic) bond motifs is 1. The fourth-order valence-corrected chi connectivity index (χ4v) is 3.45. The summed E-state index contributed by atoms with van der Waals surface area (Å²) in [5.74, 6) is -1.13. The summed E-state index contributed by atoms with van der Waals surface area (Å²) in [4.78, 5) is 54.8. The number of amides is 1. The number of carbonyl (C=O) groups is 3. The number of carbonyl (C=O) groups excluding carboxylic acids is 3. The summed E-state index contributed by atoms with van der Waals surface area (Å²) in [6, 6.07) is 9.94. The number of nitrogens with one attached hydrogen (secondary N) is 2. The van der Waals surface area contributed by atoms with Crippen molar-refractivity contribution in [2.24, 2.45) is 0 Å². The van der Waals surface area contributed by atoms with Gasteiger partial charge in [0.15, 0.2) is 0 Å².